The molecule has 1 amide bonds. The zero-order valence-electron chi connectivity index (χ0n) is 13.0. The number of para-hydroxylation sites is 1. The van der Waals surface area contributed by atoms with Crippen molar-refractivity contribution in [1.82, 2.24) is 10.4 Å². The van der Waals surface area contributed by atoms with Crippen LogP contribution in [-0.2, 0) is 4.79 Å². The van der Waals surface area contributed by atoms with E-state index in [4.69, 9.17) is 4.42 Å². The molecule has 0 bridgehead atoms. The Hall–Kier alpha value is -3.27. The Bertz CT molecular complexity index is 915. The molecule has 3 aromatic rings. The summed E-state index contributed by atoms with van der Waals surface area (Å²) in [7, 11) is 0. The number of fused-ring (bicyclic) bond motifs is 1. The van der Waals surface area contributed by atoms with Crippen molar-refractivity contribution in [3.05, 3.63) is 52.3 Å². The van der Waals surface area contributed by atoms with Crippen LogP contribution in [0.1, 0.15) is 12.7 Å². The van der Waals surface area contributed by atoms with Crippen molar-refractivity contribution in [2.24, 2.45) is 5.10 Å². The lowest BCUT2D eigenvalue weighted by molar-refractivity contribution is -0.402. The maximum atomic E-state index is 12.0. The number of nitro groups is 1. The summed E-state index contributed by atoms with van der Waals surface area (Å²) in [5.74, 6) is -0.603. The summed E-state index contributed by atoms with van der Waals surface area (Å²) >= 11 is 1.45. The van der Waals surface area contributed by atoms with Crippen molar-refractivity contribution < 1.29 is 14.1 Å². The van der Waals surface area contributed by atoms with Crippen LogP contribution in [0.4, 0.5) is 11.0 Å². The maximum Gasteiger partial charge on any atom is 0.433 e. The van der Waals surface area contributed by atoms with Crippen molar-refractivity contribution in [2.75, 3.05) is 5.32 Å². The van der Waals surface area contributed by atoms with E-state index in [1.165, 1.54) is 29.7 Å². The average Bonchev–Trinajstić information content (AvgIpc) is 3.20. The third kappa shape index (κ3) is 3.98. The van der Waals surface area contributed by atoms with Gasteiger partial charge in [-0.2, -0.15) is 5.10 Å². The van der Waals surface area contributed by atoms with Crippen molar-refractivity contribution in [2.45, 2.75) is 13.0 Å². The van der Waals surface area contributed by atoms with Crippen LogP contribution in [0.25, 0.3) is 10.2 Å². The molecule has 0 aliphatic heterocycles. The van der Waals surface area contributed by atoms with E-state index in [-0.39, 0.29) is 11.7 Å². The number of hydrogen-bond acceptors (Lipinski definition) is 8. The van der Waals surface area contributed by atoms with E-state index in [1.807, 2.05) is 24.3 Å². The highest BCUT2D eigenvalue weighted by Gasteiger charge is 2.14. The van der Waals surface area contributed by atoms with Crippen LogP contribution in [0.2, 0.25) is 0 Å². The molecule has 2 N–H and O–H groups in total. The van der Waals surface area contributed by atoms with Crippen LogP contribution in [0.3, 0.4) is 0 Å². The van der Waals surface area contributed by atoms with E-state index in [0.29, 0.717) is 5.13 Å². The number of anilines is 1. The Labute approximate surface area is 145 Å². The van der Waals surface area contributed by atoms with Gasteiger partial charge in [0.2, 0.25) is 0 Å². The van der Waals surface area contributed by atoms with Gasteiger partial charge in [0.25, 0.3) is 5.91 Å². The first-order chi connectivity index (χ1) is 12.0. The first kappa shape index (κ1) is 16.6. The fraction of sp³-hybridized carbons (Fsp3) is 0.133. The van der Waals surface area contributed by atoms with Gasteiger partial charge in [0.05, 0.1) is 22.5 Å². The second-order valence-electron chi connectivity index (χ2n) is 5.02. The molecular formula is C15H13N5O4S. The number of carbonyl (C=O) groups excluding carboxylic acids is 1. The van der Waals surface area contributed by atoms with Gasteiger partial charge in [-0.1, -0.05) is 23.5 Å². The number of benzene rings is 1. The van der Waals surface area contributed by atoms with E-state index in [0.717, 1.165) is 10.2 Å². The number of furan rings is 1. The second-order valence-corrected chi connectivity index (χ2v) is 6.05. The number of nitrogens with zero attached hydrogens (tertiary/aromatic N) is 3. The van der Waals surface area contributed by atoms with Gasteiger partial charge in [-0.05, 0) is 25.1 Å². The quantitative estimate of drug-likeness (QED) is 0.396. The van der Waals surface area contributed by atoms with Crippen LogP contribution in [0.15, 0.2) is 45.9 Å². The Balaban J connectivity index is 1.56. The first-order valence-corrected chi connectivity index (χ1v) is 8.04. The number of hydrazone groups is 1. The van der Waals surface area contributed by atoms with Crippen LogP contribution >= 0.6 is 11.3 Å². The normalized spacial score (nSPS) is 12.4. The molecule has 1 aromatic carbocycles. The molecule has 1 atom stereocenters. The lowest BCUT2D eigenvalue weighted by Gasteiger charge is -2.10. The first-order valence-electron chi connectivity index (χ1n) is 7.22. The van der Waals surface area contributed by atoms with Gasteiger partial charge >= 0.3 is 5.88 Å². The minimum Gasteiger partial charge on any atom is -0.400 e. The van der Waals surface area contributed by atoms with Gasteiger partial charge in [-0.25, -0.2) is 10.4 Å². The highest BCUT2D eigenvalue weighted by atomic mass is 32.1. The summed E-state index contributed by atoms with van der Waals surface area (Å²) in [6, 6.07) is 9.70. The minimum atomic E-state index is -0.653. The topological polar surface area (TPSA) is 123 Å². The zero-order chi connectivity index (χ0) is 17.8. The smallest absolute Gasteiger partial charge is 0.400 e. The number of rotatable bonds is 6. The number of hydrogen-bond donors (Lipinski definition) is 2. The highest BCUT2D eigenvalue weighted by molar-refractivity contribution is 7.22. The van der Waals surface area contributed by atoms with Gasteiger partial charge in [0.15, 0.2) is 10.9 Å². The van der Waals surface area contributed by atoms with Crippen LogP contribution in [0.5, 0.6) is 0 Å². The van der Waals surface area contributed by atoms with Gasteiger partial charge in [0.1, 0.15) is 11.0 Å². The number of thiazole rings is 1. The van der Waals surface area contributed by atoms with Crippen molar-refractivity contribution in [3.63, 3.8) is 0 Å². The SMILES string of the molecule is C[C@H](Nc1nc2ccccc2s1)C(=O)N/N=C\c1ccc([N+](=O)[O-])o1. The molecule has 0 radical (unpaired) electrons. The molecule has 0 saturated heterocycles. The lowest BCUT2D eigenvalue weighted by atomic mass is 10.3. The number of carbonyl (C=O) groups is 1. The molecule has 10 heteroatoms. The molecule has 0 spiro atoms. The standard InChI is InChI=1S/C15H13N5O4S/c1-9(17-15-18-11-4-2-3-5-12(11)25-15)14(21)19-16-8-10-6-7-13(24-10)20(22)23/h2-9H,1H3,(H,17,18)(H,19,21)/b16-8-/t9-/m0/s1. The van der Waals surface area contributed by atoms with E-state index in [2.05, 4.69) is 20.8 Å². The Morgan fingerprint density at radius 3 is 2.92 bits per heavy atom. The number of amides is 1. The molecule has 0 saturated carbocycles. The highest BCUT2D eigenvalue weighted by Crippen LogP contribution is 2.25. The summed E-state index contributed by atoms with van der Waals surface area (Å²) in [6.07, 6.45) is 1.19. The fourth-order valence-corrected chi connectivity index (χ4v) is 2.90. The average molecular weight is 359 g/mol. The number of aromatic nitrogens is 1. The van der Waals surface area contributed by atoms with Gasteiger partial charge in [-0.3, -0.25) is 14.9 Å². The Morgan fingerprint density at radius 2 is 2.20 bits per heavy atom. The fourth-order valence-electron chi connectivity index (χ4n) is 1.95. The summed E-state index contributed by atoms with van der Waals surface area (Å²) < 4.78 is 5.92. The zero-order valence-corrected chi connectivity index (χ0v) is 13.8. The summed E-state index contributed by atoms with van der Waals surface area (Å²) in [6.45, 7) is 1.68. The minimum absolute atomic E-state index is 0.166. The van der Waals surface area contributed by atoms with E-state index in [1.54, 1.807) is 6.92 Å². The second kappa shape index (κ2) is 7.09. The molecule has 0 unspecified atom stereocenters. The third-order valence-corrected chi connectivity index (χ3v) is 4.15. The molecule has 2 aromatic heterocycles. The van der Waals surface area contributed by atoms with Crippen molar-refractivity contribution in [1.29, 1.82) is 0 Å². The molecule has 9 nitrogen and oxygen atoms in total. The van der Waals surface area contributed by atoms with E-state index in [9.17, 15) is 14.9 Å². The summed E-state index contributed by atoms with van der Waals surface area (Å²) in [5.41, 5.74) is 3.20. The molecule has 3 rings (SSSR count). The number of nitrogens with one attached hydrogen (secondary N) is 2. The van der Waals surface area contributed by atoms with Crippen molar-refractivity contribution in [3.8, 4) is 0 Å². The van der Waals surface area contributed by atoms with E-state index < -0.39 is 16.8 Å². The Kier molecular flexibility index (Phi) is 4.70. The molecule has 0 fully saturated rings. The van der Waals surface area contributed by atoms with Gasteiger partial charge in [0, 0.05) is 0 Å². The monoisotopic (exact) mass is 359 g/mol. The van der Waals surface area contributed by atoms with Crippen LogP contribution in [-0.4, -0.2) is 28.1 Å². The molecule has 128 valence electrons. The summed E-state index contributed by atoms with van der Waals surface area (Å²) in [5, 5.41) is 17.9. The third-order valence-electron chi connectivity index (χ3n) is 3.19. The van der Waals surface area contributed by atoms with Crippen LogP contribution < -0.4 is 10.7 Å². The molecular weight excluding hydrogens is 346 g/mol. The lowest BCUT2D eigenvalue weighted by Crippen LogP contribution is -2.34. The Morgan fingerprint density at radius 1 is 1.40 bits per heavy atom. The summed E-state index contributed by atoms with van der Waals surface area (Å²) in [4.78, 5) is 26.3. The molecule has 25 heavy (non-hydrogen) atoms. The molecule has 0 aliphatic carbocycles. The van der Waals surface area contributed by atoms with Gasteiger partial charge < -0.3 is 9.73 Å². The predicted octanol–water partition coefficient (Wildman–Crippen LogP) is 2.75. The van der Waals surface area contributed by atoms with E-state index >= 15 is 0 Å². The maximum absolute atomic E-state index is 12.0. The van der Waals surface area contributed by atoms with Gasteiger partial charge in [-0.15, -0.1) is 0 Å². The largest absolute Gasteiger partial charge is 0.433 e. The molecule has 2 heterocycles. The predicted molar refractivity (Wildman–Crippen MR) is 93.8 cm³/mol. The van der Waals surface area contributed by atoms with Crippen molar-refractivity contribution >= 4 is 44.7 Å². The molecule has 0 aliphatic rings. The van der Waals surface area contributed by atoms with Crippen LogP contribution in [0, 0.1) is 10.1 Å².